The van der Waals surface area contributed by atoms with E-state index in [0.717, 1.165) is 17.3 Å². The van der Waals surface area contributed by atoms with Crippen LogP contribution in [-0.4, -0.2) is 17.1 Å². The van der Waals surface area contributed by atoms with E-state index in [-0.39, 0.29) is 5.91 Å². The van der Waals surface area contributed by atoms with Crippen molar-refractivity contribution in [1.29, 1.82) is 5.41 Å². The van der Waals surface area contributed by atoms with E-state index in [0.29, 0.717) is 22.6 Å². The quantitative estimate of drug-likeness (QED) is 0.370. The fourth-order valence-corrected chi connectivity index (χ4v) is 2.27. The number of allylic oxidation sites excluding steroid dienone is 1. The molecule has 1 amide bonds. The van der Waals surface area contributed by atoms with Crippen LogP contribution in [0.2, 0.25) is 0 Å². The first-order valence-electron chi connectivity index (χ1n) is 7.23. The Morgan fingerprint density at radius 3 is 2.67 bits per heavy atom. The first kappa shape index (κ1) is 17.5. The minimum atomic E-state index is -0.253. The van der Waals surface area contributed by atoms with Gasteiger partial charge in [0, 0.05) is 53.5 Å². The number of aromatic nitrogens is 1. The molecule has 0 atom stereocenters. The topological polar surface area (TPSA) is 91.9 Å². The monoisotopic (exact) mass is 338 g/mol. The van der Waals surface area contributed by atoms with Gasteiger partial charge < -0.3 is 16.5 Å². The highest BCUT2D eigenvalue weighted by Crippen LogP contribution is 2.17. The fraction of sp³-hybridized carbons (Fsp3) is 0.0556. The van der Waals surface area contributed by atoms with Gasteiger partial charge in [-0.15, -0.1) is 0 Å². The van der Waals surface area contributed by atoms with Gasteiger partial charge in [0.25, 0.3) is 0 Å². The molecule has 5 nitrogen and oxygen atoms in total. The summed E-state index contributed by atoms with van der Waals surface area (Å²) >= 11 is 4.20. The van der Waals surface area contributed by atoms with Crippen molar-refractivity contribution in [3.63, 3.8) is 0 Å². The number of carbonyl (C=O) groups excluding carboxylic acids is 1. The summed E-state index contributed by atoms with van der Waals surface area (Å²) in [5.41, 5.74) is 9.32. The molecule has 0 saturated carbocycles. The molecule has 0 radical (unpaired) electrons. The largest absolute Gasteiger partial charge is 0.404 e. The molecule has 0 saturated heterocycles. The van der Waals surface area contributed by atoms with E-state index >= 15 is 0 Å². The number of nitrogens with zero attached hydrogens (tertiary/aromatic N) is 1. The first-order chi connectivity index (χ1) is 11.7. The summed E-state index contributed by atoms with van der Waals surface area (Å²) in [6.45, 7) is 0. The van der Waals surface area contributed by atoms with Crippen LogP contribution in [0.3, 0.4) is 0 Å². The number of hydrogen-bond donors (Lipinski definition) is 4. The molecule has 6 heteroatoms. The maximum atomic E-state index is 12.0. The van der Waals surface area contributed by atoms with Crippen molar-refractivity contribution < 1.29 is 4.79 Å². The van der Waals surface area contributed by atoms with Gasteiger partial charge in [0.1, 0.15) is 0 Å². The number of benzene rings is 1. The van der Waals surface area contributed by atoms with Crippen LogP contribution in [0.4, 0.5) is 5.69 Å². The van der Waals surface area contributed by atoms with E-state index < -0.39 is 0 Å². The molecule has 0 aliphatic carbocycles. The molecule has 0 aliphatic rings. The molecular weight excluding hydrogens is 320 g/mol. The third kappa shape index (κ3) is 4.57. The Balaban J connectivity index is 2.12. The maximum Gasteiger partial charge on any atom is 0.248 e. The number of rotatable bonds is 6. The second-order valence-corrected chi connectivity index (χ2v) is 5.22. The molecule has 2 rings (SSSR count). The van der Waals surface area contributed by atoms with Crippen LogP contribution in [0, 0.1) is 5.41 Å². The Morgan fingerprint density at radius 1 is 1.29 bits per heavy atom. The molecule has 1 heterocycles. The van der Waals surface area contributed by atoms with Gasteiger partial charge in [-0.25, -0.2) is 0 Å². The normalized spacial score (nSPS) is 11.5. The zero-order valence-electron chi connectivity index (χ0n) is 12.9. The highest BCUT2D eigenvalue weighted by atomic mass is 32.1. The zero-order chi connectivity index (χ0) is 17.4. The van der Waals surface area contributed by atoms with Crippen molar-refractivity contribution in [2.24, 2.45) is 5.73 Å². The van der Waals surface area contributed by atoms with E-state index in [2.05, 4.69) is 22.9 Å². The van der Waals surface area contributed by atoms with Gasteiger partial charge >= 0.3 is 0 Å². The number of carbonyl (C=O) groups is 1. The highest BCUT2D eigenvalue weighted by Gasteiger charge is 2.04. The van der Waals surface area contributed by atoms with Gasteiger partial charge in [0.05, 0.1) is 0 Å². The highest BCUT2D eigenvalue weighted by molar-refractivity contribution is 7.79. The minimum Gasteiger partial charge on any atom is -0.404 e. The number of amides is 1. The summed E-state index contributed by atoms with van der Waals surface area (Å²) in [4.78, 5) is 16.1. The Labute approximate surface area is 146 Å². The van der Waals surface area contributed by atoms with Crippen molar-refractivity contribution in [2.45, 2.75) is 5.75 Å². The van der Waals surface area contributed by atoms with Gasteiger partial charge in [0.15, 0.2) is 0 Å². The maximum absolute atomic E-state index is 12.0. The molecule has 0 bridgehead atoms. The lowest BCUT2D eigenvalue weighted by atomic mass is 10.0. The van der Waals surface area contributed by atoms with E-state index in [1.807, 2.05) is 24.3 Å². The van der Waals surface area contributed by atoms with Crippen molar-refractivity contribution in [3.8, 4) is 0 Å². The minimum absolute atomic E-state index is 0.253. The van der Waals surface area contributed by atoms with E-state index in [1.165, 1.54) is 12.3 Å². The molecule has 2 aromatic rings. The molecule has 0 fully saturated rings. The predicted octanol–water partition coefficient (Wildman–Crippen LogP) is 3.11. The average Bonchev–Trinajstić information content (AvgIpc) is 2.62. The SMILES string of the molecule is N=CC(=CN)c1ccncc1/C=C/C(=O)Nc1ccc(CS)cc1. The van der Waals surface area contributed by atoms with Crippen LogP contribution in [0.5, 0.6) is 0 Å². The number of hydrogen-bond acceptors (Lipinski definition) is 5. The van der Waals surface area contributed by atoms with Gasteiger partial charge in [-0.05, 0) is 35.4 Å². The fourth-order valence-electron chi connectivity index (χ4n) is 2.06. The van der Waals surface area contributed by atoms with Crippen molar-refractivity contribution in [2.75, 3.05) is 5.32 Å². The lowest BCUT2D eigenvalue weighted by Crippen LogP contribution is -2.07. The summed E-state index contributed by atoms with van der Waals surface area (Å²) in [5, 5.41) is 10.2. The Morgan fingerprint density at radius 2 is 2.04 bits per heavy atom. The first-order valence-corrected chi connectivity index (χ1v) is 7.86. The second-order valence-electron chi connectivity index (χ2n) is 4.91. The lowest BCUT2D eigenvalue weighted by Gasteiger charge is -2.05. The van der Waals surface area contributed by atoms with Crippen LogP contribution < -0.4 is 11.1 Å². The summed E-state index contributed by atoms with van der Waals surface area (Å²) in [6, 6.07) is 9.23. The molecule has 1 aromatic carbocycles. The Bertz CT molecular complexity index is 782. The van der Waals surface area contributed by atoms with Gasteiger partial charge in [-0.1, -0.05) is 12.1 Å². The van der Waals surface area contributed by atoms with Gasteiger partial charge in [-0.2, -0.15) is 12.6 Å². The van der Waals surface area contributed by atoms with Gasteiger partial charge in [0.2, 0.25) is 5.91 Å². The van der Waals surface area contributed by atoms with Crippen molar-refractivity contribution >= 4 is 42.1 Å². The third-order valence-electron chi connectivity index (χ3n) is 3.32. The molecule has 0 unspecified atom stereocenters. The number of anilines is 1. The number of nitrogens with one attached hydrogen (secondary N) is 2. The van der Waals surface area contributed by atoms with Crippen LogP contribution in [0.25, 0.3) is 11.6 Å². The molecule has 0 aliphatic heterocycles. The molecule has 24 heavy (non-hydrogen) atoms. The average molecular weight is 338 g/mol. The van der Waals surface area contributed by atoms with Crippen LogP contribution >= 0.6 is 12.6 Å². The molecule has 122 valence electrons. The van der Waals surface area contributed by atoms with Crippen molar-refractivity contribution in [1.82, 2.24) is 4.98 Å². The summed E-state index contributed by atoms with van der Waals surface area (Å²) in [6.07, 6.45) is 8.81. The van der Waals surface area contributed by atoms with E-state index in [4.69, 9.17) is 11.1 Å². The van der Waals surface area contributed by atoms with Crippen molar-refractivity contribution in [3.05, 3.63) is 71.7 Å². The summed E-state index contributed by atoms with van der Waals surface area (Å²) in [7, 11) is 0. The number of thiol groups is 1. The van der Waals surface area contributed by atoms with Gasteiger partial charge in [-0.3, -0.25) is 9.78 Å². The second kappa shape index (κ2) is 8.69. The predicted molar refractivity (Wildman–Crippen MR) is 102 cm³/mol. The van der Waals surface area contributed by atoms with E-state index in [9.17, 15) is 4.79 Å². The smallest absolute Gasteiger partial charge is 0.248 e. The molecule has 1 aromatic heterocycles. The molecular formula is C18H18N4OS. The zero-order valence-corrected chi connectivity index (χ0v) is 13.8. The summed E-state index contributed by atoms with van der Waals surface area (Å²) in [5.74, 6) is 0.402. The van der Waals surface area contributed by atoms with Crippen LogP contribution in [0.15, 0.2) is 55.0 Å². The Kier molecular flexibility index (Phi) is 6.33. The van der Waals surface area contributed by atoms with Crippen LogP contribution in [0.1, 0.15) is 16.7 Å². The van der Waals surface area contributed by atoms with Crippen LogP contribution in [-0.2, 0) is 10.5 Å². The molecule has 4 N–H and O–H groups in total. The Hall–Kier alpha value is -2.86. The number of nitrogens with two attached hydrogens (primary N) is 1. The molecule has 0 spiro atoms. The number of pyridine rings is 1. The van der Waals surface area contributed by atoms with E-state index in [1.54, 1.807) is 24.5 Å². The standard InChI is InChI=1S/C18H18N4OS/c19-9-15(10-20)17-7-8-21-11-14(17)3-6-18(23)22-16-4-1-13(12-24)2-5-16/h1-11,19,24H,12,20H2,(H,22,23)/b6-3+,15-10?,19-9?. The summed E-state index contributed by atoms with van der Waals surface area (Å²) < 4.78 is 0. The lowest BCUT2D eigenvalue weighted by molar-refractivity contribution is -0.111. The third-order valence-corrected chi connectivity index (χ3v) is 3.68.